The van der Waals surface area contributed by atoms with Gasteiger partial charge in [0.25, 0.3) is 0 Å². The maximum Gasteiger partial charge on any atom is 0.0133 e. The van der Waals surface area contributed by atoms with E-state index >= 15 is 0 Å². The summed E-state index contributed by atoms with van der Waals surface area (Å²) in [6.45, 7) is 2.11. The van der Waals surface area contributed by atoms with E-state index in [1.165, 1.54) is 20.2 Å². The Morgan fingerprint density at radius 1 is 0.812 bits per heavy atom. The van der Waals surface area contributed by atoms with Gasteiger partial charge in [-0.2, -0.15) is 0 Å². The highest BCUT2D eigenvalue weighted by Gasteiger charge is 1.98. The minimum absolute atomic E-state index is 1.30. The summed E-state index contributed by atoms with van der Waals surface area (Å²) < 4.78 is 0. The van der Waals surface area contributed by atoms with Crippen molar-refractivity contribution in [3.63, 3.8) is 0 Å². The first-order valence-corrected chi connectivity index (χ1v) is 7.20. The van der Waals surface area contributed by atoms with Gasteiger partial charge in [-0.3, -0.25) is 0 Å². The molecule has 0 unspecified atom stereocenters. The van der Waals surface area contributed by atoms with Crippen LogP contribution in [0.15, 0.2) is 63.2 Å². The molecule has 0 saturated carbocycles. The van der Waals surface area contributed by atoms with Crippen molar-refractivity contribution in [1.29, 1.82) is 0 Å². The predicted octanol–water partition coefficient (Wildman–Crippen LogP) is 4.87. The van der Waals surface area contributed by atoms with Gasteiger partial charge in [-0.25, -0.2) is 0 Å². The van der Waals surface area contributed by atoms with E-state index in [0.717, 1.165) is 0 Å². The zero-order chi connectivity index (χ0) is 11.4. The summed E-state index contributed by atoms with van der Waals surface area (Å²) >= 11 is 3.60. The van der Waals surface area contributed by atoms with Crippen molar-refractivity contribution < 1.29 is 0 Å². The standard InChI is InChI=1S/C14H14S2/c1-11-6-8-12(9-7-11)16-14-5-3-4-13(10-14)15-2/h3-10H,1-2H3. The molecule has 2 heteroatoms. The lowest BCUT2D eigenvalue weighted by atomic mass is 10.2. The van der Waals surface area contributed by atoms with Crippen LogP contribution in [0.5, 0.6) is 0 Å². The van der Waals surface area contributed by atoms with Crippen molar-refractivity contribution in [2.45, 2.75) is 21.6 Å². The van der Waals surface area contributed by atoms with Crippen LogP contribution in [0.3, 0.4) is 0 Å². The fourth-order valence-corrected chi connectivity index (χ4v) is 2.82. The highest BCUT2D eigenvalue weighted by molar-refractivity contribution is 7.99. The van der Waals surface area contributed by atoms with Gasteiger partial charge in [0, 0.05) is 14.7 Å². The van der Waals surface area contributed by atoms with Gasteiger partial charge in [0.05, 0.1) is 0 Å². The Morgan fingerprint density at radius 3 is 2.19 bits per heavy atom. The number of hydrogen-bond donors (Lipinski definition) is 0. The average molecular weight is 246 g/mol. The molecule has 2 rings (SSSR count). The maximum absolute atomic E-state index is 2.23. The largest absolute Gasteiger partial charge is 0.130 e. The van der Waals surface area contributed by atoms with Crippen LogP contribution in [0, 0.1) is 6.92 Å². The monoisotopic (exact) mass is 246 g/mol. The summed E-state index contributed by atoms with van der Waals surface area (Å²) in [6.07, 6.45) is 2.11. The van der Waals surface area contributed by atoms with Crippen LogP contribution in [0.4, 0.5) is 0 Å². The van der Waals surface area contributed by atoms with Crippen molar-refractivity contribution in [3.8, 4) is 0 Å². The Labute approximate surface area is 105 Å². The van der Waals surface area contributed by atoms with Crippen molar-refractivity contribution in [2.24, 2.45) is 0 Å². The number of aryl methyl sites for hydroxylation is 1. The number of rotatable bonds is 3. The van der Waals surface area contributed by atoms with Crippen LogP contribution in [0.25, 0.3) is 0 Å². The molecule has 0 N–H and O–H groups in total. The Morgan fingerprint density at radius 2 is 1.50 bits per heavy atom. The molecule has 16 heavy (non-hydrogen) atoms. The molecule has 0 aliphatic carbocycles. The summed E-state index contributed by atoms with van der Waals surface area (Å²) in [4.78, 5) is 3.91. The van der Waals surface area contributed by atoms with Gasteiger partial charge in [-0.05, 0) is 43.5 Å². The Bertz CT molecular complexity index is 460. The summed E-state index contributed by atoms with van der Waals surface area (Å²) in [5, 5.41) is 0. The molecule has 0 aliphatic rings. The summed E-state index contributed by atoms with van der Waals surface area (Å²) in [5.74, 6) is 0. The first-order valence-electron chi connectivity index (χ1n) is 5.16. The first-order chi connectivity index (χ1) is 7.78. The van der Waals surface area contributed by atoms with Crippen molar-refractivity contribution in [3.05, 3.63) is 54.1 Å². The molecular formula is C14H14S2. The fourth-order valence-electron chi connectivity index (χ4n) is 1.41. The molecule has 2 aromatic carbocycles. The smallest absolute Gasteiger partial charge is 0.0133 e. The van der Waals surface area contributed by atoms with Crippen LogP contribution < -0.4 is 0 Å². The Balaban J connectivity index is 2.16. The van der Waals surface area contributed by atoms with Gasteiger partial charge in [-0.15, -0.1) is 11.8 Å². The number of thioether (sulfide) groups is 1. The second kappa shape index (κ2) is 5.46. The molecule has 0 fully saturated rings. The quantitative estimate of drug-likeness (QED) is 0.709. The van der Waals surface area contributed by atoms with E-state index < -0.39 is 0 Å². The average Bonchev–Trinajstić information content (AvgIpc) is 2.32. The van der Waals surface area contributed by atoms with Crippen molar-refractivity contribution in [2.75, 3.05) is 6.26 Å². The predicted molar refractivity (Wildman–Crippen MR) is 73.5 cm³/mol. The summed E-state index contributed by atoms with van der Waals surface area (Å²) in [5.41, 5.74) is 1.31. The van der Waals surface area contributed by atoms with Crippen molar-refractivity contribution in [1.82, 2.24) is 0 Å². The van der Waals surface area contributed by atoms with Crippen LogP contribution in [-0.4, -0.2) is 6.26 Å². The Kier molecular flexibility index (Phi) is 3.97. The summed E-state index contributed by atoms with van der Waals surface area (Å²) in [7, 11) is 0. The number of benzene rings is 2. The van der Waals surface area contributed by atoms with E-state index in [1.807, 2.05) is 11.8 Å². The van der Waals surface area contributed by atoms with E-state index in [0.29, 0.717) is 0 Å². The van der Waals surface area contributed by atoms with Gasteiger partial charge in [0.2, 0.25) is 0 Å². The molecule has 0 aromatic heterocycles. The van der Waals surface area contributed by atoms with E-state index in [2.05, 4.69) is 61.7 Å². The minimum Gasteiger partial charge on any atom is -0.130 e. The molecule has 82 valence electrons. The fraction of sp³-hybridized carbons (Fsp3) is 0.143. The normalized spacial score (nSPS) is 10.4. The third-order valence-electron chi connectivity index (χ3n) is 2.30. The van der Waals surface area contributed by atoms with Gasteiger partial charge in [0.15, 0.2) is 0 Å². The van der Waals surface area contributed by atoms with Crippen LogP contribution in [0.1, 0.15) is 5.56 Å². The first kappa shape index (κ1) is 11.6. The number of hydrogen-bond acceptors (Lipinski definition) is 2. The second-order valence-electron chi connectivity index (χ2n) is 3.59. The van der Waals surface area contributed by atoms with Crippen LogP contribution in [0.2, 0.25) is 0 Å². The van der Waals surface area contributed by atoms with Crippen LogP contribution in [-0.2, 0) is 0 Å². The molecule has 0 amide bonds. The Hall–Kier alpha value is -0.860. The zero-order valence-corrected chi connectivity index (χ0v) is 11.1. The van der Waals surface area contributed by atoms with Gasteiger partial charge < -0.3 is 0 Å². The zero-order valence-electron chi connectivity index (χ0n) is 9.44. The molecule has 0 aliphatic heterocycles. The van der Waals surface area contributed by atoms with E-state index in [4.69, 9.17) is 0 Å². The molecule has 2 aromatic rings. The van der Waals surface area contributed by atoms with E-state index in [1.54, 1.807) is 11.8 Å². The van der Waals surface area contributed by atoms with Gasteiger partial charge in [-0.1, -0.05) is 35.5 Å². The molecule has 0 saturated heterocycles. The summed E-state index contributed by atoms with van der Waals surface area (Å²) in [6, 6.07) is 17.3. The lowest BCUT2D eigenvalue weighted by molar-refractivity contribution is 1.31. The molecule has 0 nitrogen and oxygen atoms in total. The molecule has 0 radical (unpaired) electrons. The van der Waals surface area contributed by atoms with E-state index in [-0.39, 0.29) is 0 Å². The lowest BCUT2D eigenvalue weighted by Crippen LogP contribution is -1.76. The third kappa shape index (κ3) is 3.06. The second-order valence-corrected chi connectivity index (χ2v) is 5.62. The molecule has 0 spiro atoms. The highest BCUT2D eigenvalue weighted by Crippen LogP contribution is 2.30. The molecular weight excluding hydrogens is 232 g/mol. The minimum atomic E-state index is 1.30. The topological polar surface area (TPSA) is 0 Å². The lowest BCUT2D eigenvalue weighted by Gasteiger charge is -2.03. The van der Waals surface area contributed by atoms with Gasteiger partial charge >= 0.3 is 0 Å². The maximum atomic E-state index is 2.23. The van der Waals surface area contributed by atoms with Gasteiger partial charge in [0.1, 0.15) is 0 Å². The molecule has 0 heterocycles. The van der Waals surface area contributed by atoms with Crippen molar-refractivity contribution >= 4 is 23.5 Å². The SMILES string of the molecule is CSc1cccc(Sc2ccc(C)cc2)c1. The highest BCUT2D eigenvalue weighted by atomic mass is 32.2. The molecule has 0 atom stereocenters. The third-order valence-corrected chi connectivity index (χ3v) is 4.02. The molecule has 0 bridgehead atoms. The van der Waals surface area contributed by atoms with E-state index in [9.17, 15) is 0 Å². The van der Waals surface area contributed by atoms with Crippen LogP contribution >= 0.6 is 23.5 Å².